The van der Waals surface area contributed by atoms with Crippen LogP contribution in [0.15, 0.2) is 54.6 Å². The molecule has 0 saturated carbocycles. The molecule has 0 aliphatic carbocycles. The predicted octanol–water partition coefficient (Wildman–Crippen LogP) is 5.86. The normalized spacial score (nSPS) is 11.6. The standard InChI is InChI=1S/C16H9ClS/c17-14-7-3-6-12-13-8-10-4-1-2-5-11(10)9-15(13)18-16(12)14/h1-9H. The van der Waals surface area contributed by atoms with Gasteiger partial charge in [-0.05, 0) is 29.0 Å². The van der Waals surface area contributed by atoms with Gasteiger partial charge >= 0.3 is 0 Å². The fraction of sp³-hybridized carbons (Fsp3) is 0. The molecule has 3 aromatic carbocycles. The summed E-state index contributed by atoms with van der Waals surface area (Å²) in [6, 6.07) is 19.1. The molecule has 4 rings (SSSR count). The molecule has 0 radical (unpaired) electrons. The van der Waals surface area contributed by atoms with Gasteiger partial charge < -0.3 is 0 Å². The number of thiophene rings is 1. The Kier molecular flexibility index (Phi) is 2.14. The second-order valence-electron chi connectivity index (χ2n) is 4.41. The van der Waals surface area contributed by atoms with Gasteiger partial charge in [0.25, 0.3) is 0 Å². The molecule has 0 saturated heterocycles. The third-order valence-corrected chi connectivity index (χ3v) is 4.95. The first-order valence-corrected chi connectivity index (χ1v) is 7.02. The van der Waals surface area contributed by atoms with Crippen LogP contribution in [-0.2, 0) is 0 Å². The number of fused-ring (bicyclic) bond motifs is 4. The summed E-state index contributed by atoms with van der Waals surface area (Å²) in [5.74, 6) is 0. The summed E-state index contributed by atoms with van der Waals surface area (Å²) in [6.45, 7) is 0. The third kappa shape index (κ3) is 1.38. The van der Waals surface area contributed by atoms with Crippen LogP contribution in [0.5, 0.6) is 0 Å². The lowest BCUT2D eigenvalue weighted by molar-refractivity contribution is 1.81. The quantitative estimate of drug-likeness (QED) is 0.375. The Morgan fingerprint density at radius 2 is 1.56 bits per heavy atom. The largest absolute Gasteiger partial charge is 0.134 e. The molecule has 18 heavy (non-hydrogen) atoms. The second-order valence-corrected chi connectivity index (χ2v) is 5.87. The minimum absolute atomic E-state index is 0.845. The summed E-state index contributed by atoms with van der Waals surface area (Å²) in [4.78, 5) is 0. The summed E-state index contributed by atoms with van der Waals surface area (Å²) in [6.07, 6.45) is 0. The van der Waals surface area contributed by atoms with E-state index in [-0.39, 0.29) is 0 Å². The average Bonchev–Trinajstić information content (AvgIpc) is 2.76. The van der Waals surface area contributed by atoms with E-state index in [1.165, 1.54) is 30.9 Å². The van der Waals surface area contributed by atoms with Gasteiger partial charge in [0, 0.05) is 15.5 Å². The Balaban J connectivity index is 2.27. The van der Waals surface area contributed by atoms with Gasteiger partial charge in [-0.15, -0.1) is 11.3 Å². The molecular weight excluding hydrogens is 260 g/mol. The van der Waals surface area contributed by atoms with Crippen LogP contribution >= 0.6 is 22.9 Å². The van der Waals surface area contributed by atoms with Crippen LogP contribution in [0.3, 0.4) is 0 Å². The summed E-state index contributed by atoms with van der Waals surface area (Å²) < 4.78 is 2.49. The minimum atomic E-state index is 0.845. The van der Waals surface area contributed by atoms with Gasteiger partial charge in [-0.2, -0.15) is 0 Å². The maximum absolute atomic E-state index is 6.27. The van der Waals surface area contributed by atoms with E-state index in [1.807, 2.05) is 12.1 Å². The van der Waals surface area contributed by atoms with Gasteiger partial charge in [0.1, 0.15) is 0 Å². The Hall–Kier alpha value is -1.57. The van der Waals surface area contributed by atoms with Crippen molar-refractivity contribution in [2.24, 2.45) is 0 Å². The third-order valence-electron chi connectivity index (χ3n) is 3.32. The van der Waals surface area contributed by atoms with E-state index in [4.69, 9.17) is 11.6 Å². The number of hydrogen-bond donors (Lipinski definition) is 0. The molecule has 0 atom stereocenters. The molecule has 0 nitrogen and oxygen atoms in total. The van der Waals surface area contributed by atoms with E-state index in [1.54, 1.807) is 11.3 Å². The fourth-order valence-corrected chi connectivity index (χ4v) is 3.88. The van der Waals surface area contributed by atoms with E-state index in [9.17, 15) is 0 Å². The molecular formula is C16H9ClS. The summed E-state index contributed by atoms with van der Waals surface area (Å²) in [5, 5.41) is 5.97. The maximum Gasteiger partial charge on any atom is 0.0584 e. The molecule has 0 spiro atoms. The SMILES string of the molecule is Clc1cccc2c1sc1cc3ccccc3cc12. The van der Waals surface area contributed by atoms with E-state index in [2.05, 4.69) is 42.5 Å². The van der Waals surface area contributed by atoms with Crippen molar-refractivity contribution in [1.29, 1.82) is 0 Å². The first-order valence-electron chi connectivity index (χ1n) is 5.82. The van der Waals surface area contributed by atoms with Crippen LogP contribution < -0.4 is 0 Å². The van der Waals surface area contributed by atoms with Crippen molar-refractivity contribution in [2.45, 2.75) is 0 Å². The van der Waals surface area contributed by atoms with Crippen LogP contribution in [-0.4, -0.2) is 0 Å². The van der Waals surface area contributed by atoms with Gasteiger partial charge in [0.15, 0.2) is 0 Å². The highest BCUT2D eigenvalue weighted by Gasteiger charge is 2.08. The van der Waals surface area contributed by atoms with Crippen molar-refractivity contribution < 1.29 is 0 Å². The van der Waals surface area contributed by atoms with Crippen LogP contribution in [0.25, 0.3) is 30.9 Å². The predicted molar refractivity (Wildman–Crippen MR) is 81.8 cm³/mol. The van der Waals surface area contributed by atoms with Crippen molar-refractivity contribution >= 4 is 53.9 Å². The summed E-state index contributed by atoms with van der Waals surface area (Å²) in [7, 11) is 0. The number of benzene rings is 3. The van der Waals surface area contributed by atoms with Crippen LogP contribution in [0.2, 0.25) is 5.02 Å². The van der Waals surface area contributed by atoms with Gasteiger partial charge in [-0.25, -0.2) is 0 Å². The van der Waals surface area contributed by atoms with Crippen molar-refractivity contribution in [3.8, 4) is 0 Å². The first-order chi connectivity index (χ1) is 8.83. The summed E-state index contributed by atoms with van der Waals surface area (Å²) in [5.41, 5.74) is 0. The van der Waals surface area contributed by atoms with Crippen LogP contribution in [0.4, 0.5) is 0 Å². The Bertz CT molecular complexity index is 889. The van der Waals surface area contributed by atoms with Crippen molar-refractivity contribution in [1.82, 2.24) is 0 Å². The Labute approximate surface area is 113 Å². The van der Waals surface area contributed by atoms with E-state index in [0.717, 1.165) is 5.02 Å². The van der Waals surface area contributed by atoms with E-state index < -0.39 is 0 Å². The van der Waals surface area contributed by atoms with Crippen LogP contribution in [0, 0.1) is 0 Å². The molecule has 0 fully saturated rings. The van der Waals surface area contributed by atoms with Gasteiger partial charge in [0.05, 0.1) is 9.72 Å². The lowest BCUT2D eigenvalue weighted by Gasteiger charge is -1.98. The van der Waals surface area contributed by atoms with Crippen LogP contribution in [0.1, 0.15) is 0 Å². The molecule has 1 aromatic heterocycles. The molecule has 4 aromatic rings. The zero-order chi connectivity index (χ0) is 12.1. The number of rotatable bonds is 0. The molecule has 0 aliphatic rings. The molecule has 0 amide bonds. The fourth-order valence-electron chi connectivity index (χ4n) is 2.45. The number of hydrogen-bond acceptors (Lipinski definition) is 1. The van der Waals surface area contributed by atoms with Gasteiger partial charge in [-0.1, -0.05) is 48.0 Å². The van der Waals surface area contributed by atoms with Gasteiger partial charge in [0.2, 0.25) is 0 Å². The first kappa shape index (κ1) is 10.4. The highest BCUT2D eigenvalue weighted by molar-refractivity contribution is 7.26. The zero-order valence-electron chi connectivity index (χ0n) is 9.48. The molecule has 2 heteroatoms. The minimum Gasteiger partial charge on any atom is -0.134 e. The molecule has 0 unspecified atom stereocenters. The van der Waals surface area contributed by atoms with Crippen molar-refractivity contribution in [3.05, 3.63) is 59.6 Å². The monoisotopic (exact) mass is 268 g/mol. The molecule has 0 N–H and O–H groups in total. The highest BCUT2D eigenvalue weighted by atomic mass is 35.5. The lowest BCUT2D eigenvalue weighted by Crippen LogP contribution is -1.71. The summed E-state index contributed by atoms with van der Waals surface area (Å²) >= 11 is 8.04. The second kappa shape index (κ2) is 3.71. The maximum atomic E-state index is 6.27. The smallest absolute Gasteiger partial charge is 0.0584 e. The van der Waals surface area contributed by atoms with Crippen molar-refractivity contribution in [3.63, 3.8) is 0 Å². The Morgan fingerprint density at radius 1 is 0.778 bits per heavy atom. The van der Waals surface area contributed by atoms with E-state index in [0.29, 0.717) is 0 Å². The Morgan fingerprint density at radius 3 is 2.39 bits per heavy atom. The van der Waals surface area contributed by atoms with E-state index >= 15 is 0 Å². The number of halogens is 1. The average molecular weight is 269 g/mol. The zero-order valence-corrected chi connectivity index (χ0v) is 11.1. The van der Waals surface area contributed by atoms with Gasteiger partial charge in [-0.3, -0.25) is 0 Å². The molecule has 1 heterocycles. The highest BCUT2D eigenvalue weighted by Crippen LogP contribution is 2.39. The molecule has 0 bridgehead atoms. The lowest BCUT2D eigenvalue weighted by atomic mass is 10.1. The topological polar surface area (TPSA) is 0 Å². The molecule has 0 aliphatic heterocycles. The van der Waals surface area contributed by atoms with Crippen molar-refractivity contribution in [2.75, 3.05) is 0 Å². The molecule has 86 valence electrons.